The van der Waals surface area contributed by atoms with Crippen LogP contribution >= 0.6 is 0 Å². The highest BCUT2D eigenvalue weighted by Gasteiger charge is 2.34. The van der Waals surface area contributed by atoms with Gasteiger partial charge in [0.1, 0.15) is 6.04 Å². The number of carbonyl (C=O) groups is 1. The Morgan fingerprint density at radius 2 is 2.32 bits per heavy atom. The molecular weight excluding hydrogens is 263 g/mol. The van der Waals surface area contributed by atoms with Crippen molar-refractivity contribution < 1.29 is 22.7 Å². The van der Waals surface area contributed by atoms with Gasteiger partial charge in [0.05, 0.1) is 13.7 Å². The molecule has 1 aliphatic rings. The Hall–Kier alpha value is -1.57. The Morgan fingerprint density at radius 3 is 2.79 bits per heavy atom. The fourth-order valence-corrected chi connectivity index (χ4v) is 1.67. The molecule has 1 unspecified atom stereocenters. The second-order valence-electron chi connectivity index (χ2n) is 4.44. The van der Waals surface area contributed by atoms with Crippen LogP contribution in [0.2, 0.25) is 0 Å². The number of hydrogen-bond donors (Lipinski definition) is 1. The van der Waals surface area contributed by atoms with E-state index in [4.69, 9.17) is 0 Å². The molecule has 8 heteroatoms. The Balaban J connectivity index is 2.03. The van der Waals surface area contributed by atoms with Crippen LogP contribution < -0.4 is 5.32 Å². The smallest absolute Gasteiger partial charge is 0.435 e. The molecule has 0 aromatic carbocycles. The van der Waals surface area contributed by atoms with E-state index in [0.29, 0.717) is 0 Å². The summed E-state index contributed by atoms with van der Waals surface area (Å²) in [5.74, 6) is -0.504. The predicted molar refractivity (Wildman–Crippen MR) is 59.2 cm³/mol. The quantitative estimate of drug-likeness (QED) is 0.822. The molecule has 19 heavy (non-hydrogen) atoms. The molecule has 1 N–H and O–H groups in total. The van der Waals surface area contributed by atoms with E-state index in [1.807, 2.05) is 0 Å². The van der Waals surface area contributed by atoms with Gasteiger partial charge in [0.2, 0.25) is 0 Å². The number of methoxy groups -OCH3 is 1. The first kappa shape index (κ1) is 13.9. The number of nitrogens with one attached hydrogen (secondary N) is 1. The van der Waals surface area contributed by atoms with Crippen molar-refractivity contribution in [2.45, 2.75) is 37.6 Å². The summed E-state index contributed by atoms with van der Waals surface area (Å²) in [5.41, 5.74) is -0.970. The van der Waals surface area contributed by atoms with Crippen molar-refractivity contribution in [2.24, 2.45) is 0 Å². The van der Waals surface area contributed by atoms with Gasteiger partial charge in [-0.1, -0.05) is 0 Å². The molecule has 1 fully saturated rings. The zero-order valence-electron chi connectivity index (χ0n) is 10.3. The first-order valence-corrected chi connectivity index (χ1v) is 5.84. The molecule has 0 radical (unpaired) electrons. The van der Waals surface area contributed by atoms with Gasteiger partial charge in [-0.15, -0.1) is 0 Å². The molecule has 1 heterocycles. The van der Waals surface area contributed by atoms with Gasteiger partial charge in [0.15, 0.2) is 5.69 Å². The van der Waals surface area contributed by atoms with E-state index in [2.05, 4.69) is 15.2 Å². The Kier molecular flexibility index (Phi) is 3.79. The lowest BCUT2D eigenvalue weighted by Gasteiger charge is -2.16. The minimum atomic E-state index is -4.48. The lowest BCUT2D eigenvalue weighted by Crippen LogP contribution is -2.42. The van der Waals surface area contributed by atoms with Crippen LogP contribution in [0.1, 0.15) is 18.5 Å². The van der Waals surface area contributed by atoms with Crippen LogP contribution in [0, 0.1) is 0 Å². The number of rotatable bonds is 5. The molecule has 0 saturated heterocycles. The lowest BCUT2D eigenvalue weighted by molar-refractivity contribution is -0.143. The summed E-state index contributed by atoms with van der Waals surface area (Å²) in [6.45, 7) is 0.0131. The van der Waals surface area contributed by atoms with E-state index in [1.165, 1.54) is 13.3 Å². The van der Waals surface area contributed by atoms with E-state index >= 15 is 0 Å². The van der Waals surface area contributed by atoms with E-state index in [1.54, 1.807) is 0 Å². The van der Waals surface area contributed by atoms with Crippen LogP contribution in [-0.2, 0) is 22.3 Å². The monoisotopic (exact) mass is 277 g/mol. The van der Waals surface area contributed by atoms with Gasteiger partial charge in [-0.3, -0.25) is 9.48 Å². The van der Waals surface area contributed by atoms with Crippen molar-refractivity contribution in [1.29, 1.82) is 0 Å². The third-order valence-corrected chi connectivity index (χ3v) is 2.80. The summed E-state index contributed by atoms with van der Waals surface area (Å²) in [5, 5.41) is 6.43. The van der Waals surface area contributed by atoms with Crippen LogP contribution in [0.5, 0.6) is 0 Å². The maximum absolute atomic E-state index is 12.4. The number of alkyl halides is 3. The van der Waals surface area contributed by atoms with Crippen molar-refractivity contribution in [1.82, 2.24) is 15.1 Å². The zero-order valence-corrected chi connectivity index (χ0v) is 10.3. The van der Waals surface area contributed by atoms with Crippen molar-refractivity contribution in [3.05, 3.63) is 18.0 Å². The molecule has 106 valence electrons. The minimum Gasteiger partial charge on any atom is -0.468 e. The average molecular weight is 277 g/mol. The first-order valence-electron chi connectivity index (χ1n) is 5.84. The summed E-state index contributed by atoms with van der Waals surface area (Å²) in [6, 6.07) is 0.436. The number of nitrogens with zero attached hydrogens (tertiary/aromatic N) is 2. The van der Waals surface area contributed by atoms with Gasteiger partial charge in [-0.25, -0.2) is 0 Å². The SMILES string of the molecule is COC(=O)C(Cn1ccc(C(F)(F)F)n1)NC1CC1. The van der Waals surface area contributed by atoms with Crippen molar-refractivity contribution in [2.75, 3.05) is 7.11 Å². The molecule has 1 atom stereocenters. The van der Waals surface area contributed by atoms with E-state index in [0.717, 1.165) is 23.6 Å². The molecule has 1 aromatic heterocycles. The highest BCUT2D eigenvalue weighted by atomic mass is 19.4. The number of halogens is 3. The van der Waals surface area contributed by atoms with Gasteiger partial charge in [0, 0.05) is 12.2 Å². The first-order chi connectivity index (χ1) is 8.90. The minimum absolute atomic E-state index is 0.0131. The lowest BCUT2D eigenvalue weighted by atomic mass is 10.3. The summed E-state index contributed by atoms with van der Waals surface area (Å²) in [4.78, 5) is 11.5. The van der Waals surface area contributed by atoms with E-state index in [-0.39, 0.29) is 12.6 Å². The second kappa shape index (κ2) is 5.20. The maximum Gasteiger partial charge on any atom is 0.435 e. The molecule has 1 aromatic rings. The molecule has 5 nitrogen and oxygen atoms in total. The van der Waals surface area contributed by atoms with E-state index in [9.17, 15) is 18.0 Å². The van der Waals surface area contributed by atoms with Crippen molar-refractivity contribution >= 4 is 5.97 Å². The van der Waals surface area contributed by atoms with Gasteiger partial charge in [0.25, 0.3) is 0 Å². The molecule has 0 amide bonds. The summed E-state index contributed by atoms with van der Waals surface area (Å²) < 4.78 is 42.9. The normalized spacial score (nSPS) is 17.3. The number of esters is 1. The molecular formula is C11H14F3N3O2. The largest absolute Gasteiger partial charge is 0.468 e. The molecule has 2 rings (SSSR count). The molecule has 0 aliphatic heterocycles. The topological polar surface area (TPSA) is 56.2 Å². The third-order valence-electron chi connectivity index (χ3n) is 2.80. The van der Waals surface area contributed by atoms with Crippen LogP contribution in [0.25, 0.3) is 0 Å². The van der Waals surface area contributed by atoms with Crippen molar-refractivity contribution in [3.8, 4) is 0 Å². The fraction of sp³-hybridized carbons (Fsp3) is 0.636. The number of aromatic nitrogens is 2. The molecule has 1 aliphatic carbocycles. The van der Waals surface area contributed by atoms with Crippen LogP contribution in [0.3, 0.4) is 0 Å². The van der Waals surface area contributed by atoms with Crippen LogP contribution in [-0.4, -0.2) is 34.9 Å². The van der Waals surface area contributed by atoms with Gasteiger partial charge >= 0.3 is 12.1 Å². The summed E-state index contributed by atoms with van der Waals surface area (Å²) in [7, 11) is 1.24. The Bertz CT molecular complexity index is 454. The average Bonchev–Trinajstić information content (AvgIpc) is 3.01. The van der Waals surface area contributed by atoms with Gasteiger partial charge < -0.3 is 10.1 Å². The van der Waals surface area contributed by atoms with E-state index < -0.39 is 23.9 Å². The van der Waals surface area contributed by atoms with Crippen LogP contribution in [0.15, 0.2) is 12.3 Å². The zero-order chi connectivity index (χ0) is 14.0. The van der Waals surface area contributed by atoms with Gasteiger partial charge in [-0.05, 0) is 18.9 Å². The van der Waals surface area contributed by atoms with Crippen molar-refractivity contribution in [3.63, 3.8) is 0 Å². The molecule has 0 bridgehead atoms. The predicted octanol–water partition coefficient (Wildman–Crippen LogP) is 1.20. The maximum atomic E-state index is 12.4. The molecule has 0 spiro atoms. The standard InChI is InChI=1S/C11H14F3N3O2/c1-19-10(18)8(15-7-2-3-7)6-17-5-4-9(16-17)11(12,13)14/h4-5,7-8,15H,2-3,6H2,1H3. The highest BCUT2D eigenvalue weighted by molar-refractivity contribution is 5.75. The number of hydrogen-bond acceptors (Lipinski definition) is 4. The van der Waals surface area contributed by atoms with Crippen LogP contribution in [0.4, 0.5) is 13.2 Å². The van der Waals surface area contributed by atoms with Gasteiger partial charge in [-0.2, -0.15) is 18.3 Å². The Labute approximate surface area is 107 Å². The summed E-state index contributed by atoms with van der Waals surface area (Å²) >= 11 is 0. The highest BCUT2D eigenvalue weighted by Crippen LogP contribution is 2.27. The third kappa shape index (κ3) is 3.69. The Morgan fingerprint density at radius 1 is 1.63 bits per heavy atom. The number of carbonyl (C=O) groups excluding carboxylic acids is 1. The second-order valence-corrected chi connectivity index (χ2v) is 4.44. The molecule has 1 saturated carbocycles. The fourth-order valence-electron chi connectivity index (χ4n) is 1.67. The number of ether oxygens (including phenoxy) is 1. The summed E-state index contributed by atoms with van der Waals surface area (Å²) in [6.07, 6.45) is -1.36.